The molecule has 10 atom stereocenters. The van der Waals surface area contributed by atoms with Crippen LogP contribution >= 0.6 is 0 Å². The first-order valence-electron chi connectivity index (χ1n) is 23.1. The molecule has 3 saturated heterocycles. The molecule has 2 unspecified atom stereocenters. The highest BCUT2D eigenvalue weighted by Crippen LogP contribution is 2.44. The lowest BCUT2D eigenvalue weighted by Crippen LogP contribution is -2.49. The Balaban J connectivity index is 1.46. The fourth-order valence-electron chi connectivity index (χ4n) is 8.41. The Hall–Kier alpha value is -1.64. The quantitative estimate of drug-likeness (QED) is 0.0588. The van der Waals surface area contributed by atoms with Gasteiger partial charge in [-0.05, 0) is 125 Å². The van der Waals surface area contributed by atoms with Crippen LogP contribution in [0, 0.1) is 17.3 Å². The molecule has 0 aromatic heterocycles. The topological polar surface area (TPSA) is 81.7 Å². The lowest BCUT2D eigenvalue weighted by Gasteiger charge is -2.42. The second-order valence-corrected chi connectivity index (χ2v) is 32.0. The van der Waals surface area contributed by atoms with E-state index in [2.05, 4.69) is 118 Å². The van der Waals surface area contributed by atoms with Gasteiger partial charge in [0.05, 0.1) is 67.5 Å². The van der Waals surface area contributed by atoms with Crippen molar-refractivity contribution >= 4 is 22.6 Å². The maximum atomic E-state index is 12.2. The van der Waals surface area contributed by atoms with E-state index in [1.807, 2.05) is 27.9 Å². The summed E-state index contributed by atoms with van der Waals surface area (Å²) in [6.45, 7) is 41.0. The summed E-state index contributed by atoms with van der Waals surface area (Å²) in [5, 5.41) is 0.161. The SMILES string of the molecule is C=C1C[C@H](CCCOC(=O)C(C)(C)C)OC1CC[C@H]1C[C@@H](C)C(=C)C(C[C@@H]2O[C@H](C[C@@H](CO[Si](C)(C)C(C)(C)C)O[Si](C)(C)C(C)(C)C)[C@H](OC)[C@H]2Cc2ccccc2)O1. The summed E-state index contributed by atoms with van der Waals surface area (Å²) in [7, 11) is -2.32. The molecule has 0 radical (unpaired) electrons. The number of esters is 1. The smallest absolute Gasteiger partial charge is 0.311 e. The first-order chi connectivity index (χ1) is 27.7. The molecular formula is C50H86O8Si2. The predicted octanol–water partition coefficient (Wildman–Crippen LogP) is 12.0. The number of hydrogen-bond acceptors (Lipinski definition) is 8. The van der Waals surface area contributed by atoms with E-state index in [0.29, 0.717) is 25.6 Å². The molecule has 10 heteroatoms. The number of carbonyl (C=O) groups excluding carboxylic acids is 1. The molecular weight excluding hydrogens is 785 g/mol. The number of carbonyl (C=O) groups is 1. The minimum absolute atomic E-state index is 0.0216. The Morgan fingerprint density at radius 2 is 1.47 bits per heavy atom. The van der Waals surface area contributed by atoms with Crippen molar-refractivity contribution in [2.75, 3.05) is 20.3 Å². The highest BCUT2D eigenvalue weighted by Gasteiger charge is 2.49. The second kappa shape index (κ2) is 20.9. The Labute approximate surface area is 368 Å². The standard InChI is InChI=1S/C50H86O8Si2/c1-34-28-39(25-26-42-35(2)29-38(55-42)24-21-27-53-47(51)48(4,5)6)56-43(36(34)3)32-44-41(30-37-22-19-18-20-23-37)46(52-13)45(57-44)31-40(58-60(16,17)50(10,11)12)33-54-59(14,15)49(7,8)9/h18-20,22-23,34,38-46H,2-3,21,24-33H2,1,4-17H3/t34-,38+,39+,40+,41+,42?,43?,44+,45-,46-/m1/s1. The number of rotatable bonds is 19. The average Bonchev–Trinajstić information content (AvgIpc) is 3.66. The predicted molar refractivity (Wildman–Crippen MR) is 250 cm³/mol. The van der Waals surface area contributed by atoms with Gasteiger partial charge in [-0.2, -0.15) is 0 Å². The van der Waals surface area contributed by atoms with Crippen molar-refractivity contribution in [1.82, 2.24) is 0 Å². The molecule has 0 spiro atoms. The normalized spacial score (nSPS) is 28.9. The molecule has 3 aliphatic rings. The largest absolute Gasteiger partial charge is 0.465 e. The van der Waals surface area contributed by atoms with Crippen LogP contribution in [0.25, 0.3) is 0 Å². The second-order valence-electron chi connectivity index (χ2n) is 22.5. The summed E-state index contributed by atoms with van der Waals surface area (Å²) in [6, 6.07) is 10.7. The van der Waals surface area contributed by atoms with Crippen molar-refractivity contribution in [2.45, 2.75) is 212 Å². The minimum atomic E-state index is -2.14. The van der Waals surface area contributed by atoms with E-state index in [9.17, 15) is 4.79 Å². The van der Waals surface area contributed by atoms with Crippen LogP contribution in [0.3, 0.4) is 0 Å². The van der Waals surface area contributed by atoms with E-state index >= 15 is 0 Å². The highest BCUT2D eigenvalue weighted by atomic mass is 28.4. The zero-order valence-electron chi connectivity index (χ0n) is 40.6. The molecule has 1 aromatic carbocycles. The van der Waals surface area contributed by atoms with E-state index in [1.54, 1.807) is 0 Å². The van der Waals surface area contributed by atoms with Crippen molar-refractivity contribution in [3.63, 3.8) is 0 Å². The molecule has 1 aromatic rings. The fourth-order valence-corrected chi connectivity index (χ4v) is 10.8. The molecule has 0 amide bonds. The van der Waals surface area contributed by atoms with Gasteiger partial charge in [0.2, 0.25) is 0 Å². The summed E-state index contributed by atoms with van der Waals surface area (Å²) in [5.74, 6) is 0.309. The lowest BCUT2D eigenvalue weighted by atomic mass is 9.81. The summed E-state index contributed by atoms with van der Waals surface area (Å²) in [6.07, 6.45) is 7.18. The van der Waals surface area contributed by atoms with E-state index in [1.165, 1.54) is 5.56 Å². The molecule has 0 aliphatic carbocycles. The molecule has 8 nitrogen and oxygen atoms in total. The zero-order chi connectivity index (χ0) is 44.8. The third-order valence-corrected chi connectivity index (χ3v) is 23.5. The maximum absolute atomic E-state index is 12.2. The van der Waals surface area contributed by atoms with Gasteiger partial charge in [0, 0.05) is 25.9 Å². The zero-order valence-corrected chi connectivity index (χ0v) is 42.6. The van der Waals surface area contributed by atoms with Crippen LogP contribution in [0.5, 0.6) is 0 Å². The van der Waals surface area contributed by atoms with Crippen LogP contribution in [0.2, 0.25) is 36.3 Å². The molecule has 0 N–H and O–H groups in total. The average molecular weight is 871 g/mol. The van der Waals surface area contributed by atoms with Gasteiger partial charge in [-0.25, -0.2) is 0 Å². The van der Waals surface area contributed by atoms with E-state index in [4.69, 9.17) is 32.5 Å². The summed E-state index contributed by atoms with van der Waals surface area (Å²) >= 11 is 0. The highest BCUT2D eigenvalue weighted by molar-refractivity contribution is 6.74. The van der Waals surface area contributed by atoms with Crippen LogP contribution in [0.4, 0.5) is 0 Å². The van der Waals surface area contributed by atoms with Crippen molar-refractivity contribution in [1.29, 1.82) is 0 Å². The van der Waals surface area contributed by atoms with Crippen LogP contribution < -0.4 is 0 Å². The third-order valence-electron chi connectivity index (χ3n) is 14.4. The number of benzene rings is 1. The Bertz CT molecular complexity index is 1540. The van der Waals surface area contributed by atoms with Gasteiger partial charge < -0.3 is 32.5 Å². The first-order valence-corrected chi connectivity index (χ1v) is 28.9. The van der Waals surface area contributed by atoms with Gasteiger partial charge >= 0.3 is 5.97 Å². The van der Waals surface area contributed by atoms with Gasteiger partial charge in [-0.1, -0.05) is 92.0 Å². The van der Waals surface area contributed by atoms with Gasteiger partial charge in [-0.15, -0.1) is 0 Å². The van der Waals surface area contributed by atoms with Gasteiger partial charge in [0.25, 0.3) is 0 Å². The van der Waals surface area contributed by atoms with Gasteiger partial charge in [0.15, 0.2) is 16.6 Å². The van der Waals surface area contributed by atoms with Crippen LogP contribution in [0.1, 0.15) is 126 Å². The maximum Gasteiger partial charge on any atom is 0.311 e. The summed E-state index contributed by atoms with van der Waals surface area (Å²) in [4.78, 5) is 12.2. The van der Waals surface area contributed by atoms with Crippen molar-refractivity contribution in [3.8, 4) is 0 Å². The van der Waals surface area contributed by atoms with Crippen LogP contribution in [-0.4, -0.2) is 91.8 Å². The molecule has 3 aliphatic heterocycles. The molecule has 0 bridgehead atoms. The minimum Gasteiger partial charge on any atom is -0.465 e. The van der Waals surface area contributed by atoms with Crippen LogP contribution in [-0.2, 0) is 43.8 Å². The molecule has 60 heavy (non-hydrogen) atoms. The van der Waals surface area contributed by atoms with Gasteiger partial charge in [0.1, 0.15) is 0 Å². The van der Waals surface area contributed by atoms with Gasteiger partial charge in [-0.3, -0.25) is 4.79 Å². The van der Waals surface area contributed by atoms with Crippen molar-refractivity contribution in [2.24, 2.45) is 17.3 Å². The van der Waals surface area contributed by atoms with Crippen molar-refractivity contribution in [3.05, 3.63) is 60.2 Å². The van der Waals surface area contributed by atoms with E-state index in [-0.39, 0.29) is 70.8 Å². The molecule has 4 rings (SSSR count). The Morgan fingerprint density at radius 1 is 0.833 bits per heavy atom. The molecule has 3 heterocycles. The molecule has 0 saturated carbocycles. The lowest BCUT2D eigenvalue weighted by molar-refractivity contribution is -0.153. The number of hydrogen-bond donors (Lipinski definition) is 0. The molecule has 342 valence electrons. The number of methoxy groups -OCH3 is 1. The van der Waals surface area contributed by atoms with E-state index < -0.39 is 22.0 Å². The monoisotopic (exact) mass is 871 g/mol. The molecule has 3 fully saturated rings. The van der Waals surface area contributed by atoms with Crippen molar-refractivity contribution < 1.29 is 37.3 Å². The Kier molecular flexibility index (Phi) is 17.8. The Morgan fingerprint density at radius 3 is 2.07 bits per heavy atom. The summed E-state index contributed by atoms with van der Waals surface area (Å²) in [5.41, 5.74) is 3.10. The fraction of sp³-hybridized carbons (Fsp3) is 0.780. The first kappa shape index (κ1) is 51.0. The van der Waals surface area contributed by atoms with Crippen LogP contribution in [0.15, 0.2) is 54.6 Å². The summed E-state index contributed by atoms with van der Waals surface area (Å²) < 4.78 is 46.8. The third kappa shape index (κ3) is 13.9. The van der Waals surface area contributed by atoms with E-state index in [0.717, 1.165) is 62.5 Å². The number of ether oxygens (including phenoxy) is 5.